The van der Waals surface area contributed by atoms with Crippen molar-refractivity contribution < 1.29 is 23.8 Å². The molecule has 0 radical (unpaired) electrons. The van der Waals surface area contributed by atoms with Crippen molar-refractivity contribution in [1.29, 1.82) is 0 Å². The van der Waals surface area contributed by atoms with Gasteiger partial charge in [-0.25, -0.2) is 9.59 Å². The summed E-state index contributed by atoms with van der Waals surface area (Å²) in [6, 6.07) is 0. The first-order valence-corrected chi connectivity index (χ1v) is 5.34. The zero-order chi connectivity index (χ0) is 13.1. The standard InChI is InChI=1S/C7H10O3.C5H8O2/c1-2-7(8)9-4-3-6-5-10-6;1-3-5(6)7-4-2/h2,6H,1,3-5H2;3H,1,4H2,2H3. The van der Waals surface area contributed by atoms with Crippen LogP contribution in [0.2, 0.25) is 0 Å². The summed E-state index contributed by atoms with van der Waals surface area (Å²) in [6.45, 7) is 9.90. The molecule has 0 aliphatic carbocycles. The third-order valence-electron chi connectivity index (χ3n) is 1.71. The average Bonchev–Trinajstić information content (AvgIpc) is 3.14. The Balaban J connectivity index is 0.000000325. The zero-order valence-electron chi connectivity index (χ0n) is 10.0. The first-order chi connectivity index (χ1) is 8.13. The molecule has 1 heterocycles. The van der Waals surface area contributed by atoms with Crippen LogP contribution in [0.15, 0.2) is 25.3 Å². The second-order valence-corrected chi connectivity index (χ2v) is 3.07. The lowest BCUT2D eigenvalue weighted by Crippen LogP contribution is -2.03. The van der Waals surface area contributed by atoms with Crippen molar-refractivity contribution in [3.05, 3.63) is 25.3 Å². The summed E-state index contributed by atoms with van der Waals surface area (Å²) in [7, 11) is 0. The summed E-state index contributed by atoms with van der Waals surface area (Å²) in [5, 5.41) is 0. The number of rotatable bonds is 6. The molecule has 1 saturated heterocycles. The average molecular weight is 242 g/mol. The third kappa shape index (κ3) is 10.7. The molecule has 1 rings (SSSR count). The van der Waals surface area contributed by atoms with E-state index >= 15 is 0 Å². The molecule has 5 heteroatoms. The van der Waals surface area contributed by atoms with Crippen LogP contribution in [0.4, 0.5) is 0 Å². The number of carbonyl (C=O) groups excluding carboxylic acids is 2. The van der Waals surface area contributed by atoms with Gasteiger partial charge in [-0.1, -0.05) is 13.2 Å². The highest BCUT2D eigenvalue weighted by molar-refractivity contribution is 5.81. The van der Waals surface area contributed by atoms with E-state index in [0.29, 0.717) is 19.3 Å². The van der Waals surface area contributed by atoms with Gasteiger partial charge in [-0.15, -0.1) is 0 Å². The second-order valence-electron chi connectivity index (χ2n) is 3.07. The molecule has 0 spiro atoms. The van der Waals surface area contributed by atoms with Crippen LogP contribution in [0.1, 0.15) is 13.3 Å². The first kappa shape index (κ1) is 15.4. The van der Waals surface area contributed by atoms with Crippen molar-refractivity contribution >= 4 is 11.9 Å². The van der Waals surface area contributed by atoms with Crippen LogP contribution in [0.5, 0.6) is 0 Å². The monoisotopic (exact) mass is 242 g/mol. The van der Waals surface area contributed by atoms with Crippen LogP contribution in [0.3, 0.4) is 0 Å². The number of esters is 2. The van der Waals surface area contributed by atoms with Crippen LogP contribution in [-0.2, 0) is 23.8 Å². The Hall–Kier alpha value is -1.62. The second kappa shape index (κ2) is 9.59. The molecule has 0 aromatic carbocycles. The Morgan fingerprint density at radius 2 is 1.82 bits per heavy atom. The van der Waals surface area contributed by atoms with Gasteiger partial charge in [-0.3, -0.25) is 0 Å². The molecule has 0 N–H and O–H groups in total. The lowest BCUT2D eigenvalue weighted by Gasteiger charge is -1.97. The molecule has 1 aliphatic rings. The molecular weight excluding hydrogens is 224 g/mol. The molecule has 1 aliphatic heterocycles. The highest BCUT2D eigenvalue weighted by atomic mass is 16.6. The molecule has 0 bridgehead atoms. The number of ether oxygens (including phenoxy) is 3. The Kier molecular flexibility index (Phi) is 8.68. The molecule has 0 saturated carbocycles. The van der Waals surface area contributed by atoms with Gasteiger partial charge < -0.3 is 14.2 Å². The van der Waals surface area contributed by atoms with Gasteiger partial charge in [-0.05, 0) is 6.92 Å². The lowest BCUT2D eigenvalue weighted by atomic mass is 10.3. The van der Waals surface area contributed by atoms with Crippen molar-refractivity contribution in [2.24, 2.45) is 0 Å². The minimum atomic E-state index is -0.361. The summed E-state index contributed by atoms with van der Waals surface area (Å²) in [6.07, 6.45) is 3.44. The number of hydrogen-bond acceptors (Lipinski definition) is 5. The summed E-state index contributed by atoms with van der Waals surface area (Å²) in [5.74, 6) is -0.719. The van der Waals surface area contributed by atoms with Crippen molar-refractivity contribution in [3.63, 3.8) is 0 Å². The SMILES string of the molecule is C=CC(=O)OCC.C=CC(=O)OCCC1CO1. The molecular formula is C12H18O5. The van der Waals surface area contributed by atoms with Crippen molar-refractivity contribution in [2.75, 3.05) is 19.8 Å². The van der Waals surface area contributed by atoms with Gasteiger partial charge in [-0.2, -0.15) is 0 Å². The fourth-order valence-corrected chi connectivity index (χ4v) is 0.786. The maximum Gasteiger partial charge on any atom is 0.330 e. The van der Waals surface area contributed by atoms with Crippen LogP contribution >= 0.6 is 0 Å². The van der Waals surface area contributed by atoms with Crippen molar-refractivity contribution in [1.82, 2.24) is 0 Å². The molecule has 0 aromatic heterocycles. The molecule has 1 fully saturated rings. The lowest BCUT2D eigenvalue weighted by molar-refractivity contribution is -0.138. The van der Waals surface area contributed by atoms with E-state index in [4.69, 9.17) is 9.47 Å². The van der Waals surface area contributed by atoms with E-state index in [0.717, 1.165) is 25.2 Å². The third-order valence-corrected chi connectivity index (χ3v) is 1.71. The van der Waals surface area contributed by atoms with Crippen LogP contribution in [0, 0.1) is 0 Å². The maximum atomic E-state index is 10.4. The summed E-state index contributed by atoms with van der Waals surface area (Å²) >= 11 is 0. The highest BCUT2D eigenvalue weighted by Gasteiger charge is 2.21. The topological polar surface area (TPSA) is 65.1 Å². The number of epoxide rings is 1. The largest absolute Gasteiger partial charge is 0.463 e. The molecule has 1 atom stereocenters. The molecule has 0 amide bonds. The number of hydrogen-bond donors (Lipinski definition) is 0. The van der Waals surface area contributed by atoms with Crippen molar-refractivity contribution in [2.45, 2.75) is 19.4 Å². The normalized spacial score (nSPS) is 15.9. The van der Waals surface area contributed by atoms with E-state index < -0.39 is 0 Å². The first-order valence-electron chi connectivity index (χ1n) is 5.34. The van der Waals surface area contributed by atoms with Gasteiger partial charge in [0.15, 0.2) is 0 Å². The van der Waals surface area contributed by atoms with Crippen LogP contribution in [-0.4, -0.2) is 37.9 Å². The fourth-order valence-electron chi connectivity index (χ4n) is 0.786. The summed E-state index contributed by atoms with van der Waals surface area (Å²) in [4.78, 5) is 20.5. The molecule has 17 heavy (non-hydrogen) atoms. The van der Waals surface area contributed by atoms with E-state index in [1.807, 2.05) is 0 Å². The Morgan fingerprint density at radius 3 is 2.18 bits per heavy atom. The zero-order valence-corrected chi connectivity index (χ0v) is 10.0. The minimum absolute atomic E-state index is 0.331. The van der Waals surface area contributed by atoms with Gasteiger partial charge >= 0.3 is 11.9 Å². The van der Waals surface area contributed by atoms with Gasteiger partial charge in [0.1, 0.15) is 0 Å². The van der Waals surface area contributed by atoms with E-state index in [-0.39, 0.29) is 11.9 Å². The summed E-state index contributed by atoms with van der Waals surface area (Å²) in [5.41, 5.74) is 0. The fraction of sp³-hybridized carbons (Fsp3) is 0.500. The molecule has 1 unspecified atom stereocenters. The predicted octanol–water partition coefficient (Wildman–Crippen LogP) is 1.24. The molecule has 5 nitrogen and oxygen atoms in total. The van der Waals surface area contributed by atoms with Gasteiger partial charge in [0, 0.05) is 18.6 Å². The quantitative estimate of drug-likeness (QED) is 0.398. The highest BCUT2D eigenvalue weighted by Crippen LogP contribution is 2.12. The van der Waals surface area contributed by atoms with E-state index in [2.05, 4.69) is 17.9 Å². The molecule has 0 aromatic rings. The maximum absolute atomic E-state index is 10.4. The Morgan fingerprint density at radius 1 is 1.29 bits per heavy atom. The Labute approximate surface area is 101 Å². The number of carbonyl (C=O) groups is 2. The Bertz CT molecular complexity index is 268. The van der Waals surface area contributed by atoms with Crippen LogP contribution in [0.25, 0.3) is 0 Å². The smallest absolute Gasteiger partial charge is 0.330 e. The predicted molar refractivity (Wildman–Crippen MR) is 62.3 cm³/mol. The van der Waals surface area contributed by atoms with Gasteiger partial charge in [0.25, 0.3) is 0 Å². The van der Waals surface area contributed by atoms with E-state index in [9.17, 15) is 9.59 Å². The van der Waals surface area contributed by atoms with Crippen molar-refractivity contribution in [3.8, 4) is 0 Å². The summed E-state index contributed by atoms with van der Waals surface area (Å²) < 4.78 is 14.0. The van der Waals surface area contributed by atoms with E-state index in [1.165, 1.54) is 0 Å². The van der Waals surface area contributed by atoms with Gasteiger partial charge in [0.05, 0.1) is 25.9 Å². The minimum Gasteiger partial charge on any atom is -0.463 e. The van der Waals surface area contributed by atoms with E-state index in [1.54, 1.807) is 6.92 Å². The van der Waals surface area contributed by atoms with Gasteiger partial charge in [0.2, 0.25) is 0 Å². The molecule has 96 valence electrons. The van der Waals surface area contributed by atoms with Crippen LogP contribution < -0.4 is 0 Å².